The minimum absolute atomic E-state index is 0.0732. The number of nitrogens with one attached hydrogen (secondary N) is 2. The highest BCUT2D eigenvalue weighted by Gasteiger charge is 2.53. The van der Waals surface area contributed by atoms with Crippen LogP contribution in [-0.4, -0.2) is 56.8 Å². The molecule has 1 saturated heterocycles. The van der Waals surface area contributed by atoms with E-state index in [1.807, 2.05) is 0 Å². The topological polar surface area (TPSA) is 106 Å². The summed E-state index contributed by atoms with van der Waals surface area (Å²) in [7, 11) is 4.61. The Balaban J connectivity index is 1.93. The zero-order valence-corrected chi connectivity index (χ0v) is 15.1. The maximum atomic E-state index is 12.8. The summed E-state index contributed by atoms with van der Waals surface area (Å²) < 4.78 is 16.1. The Bertz CT molecular complexity index is 880. The van der Waals surface area contributed by atoms with Crippen molar-refractivity contribution in [3.63, 3.8) is 0 Å². The molecule has 27 heavy (non-hydrogen) atoms. The van der Waals surface area contributed by atoms with Gasteiger partial charge in [0.25, 0.3) is 0 Å². The van der Waals surface area contributed by atoms with E-state index < -0.39 is 35.9 Å². The van der Waals surface area contributed by atoms with Crippen LogP contribution in [0.15, 0.2) is 29.5 Å². The predicted molar refractivity (Wildman–Crippen MR) is 92.0 cm³/mol. The van der Waals surface area contributed by atoms with Crippen LogP contribution in [0.5, 0.6) is 11.5 Å². The first-order valence-corrected chi connectivity index (χ1v) is 8.43. The summed E-state index contributed by atoms with van der Waals surface area (Å²) in [6.45, 7) is 0.0732. The van der Waals surface area contributed by atoms with Gasteiger partial charge in [-0.1, -0.05) is 12.1 Å². The first kappa shape index (κ1) is 17.2. The fraction of sp³-hybridized carbons (Fsp3) is 0.389. The molecular weight excluding hydrogens is 354 g/mol. The van der Waals surface area contributed by atoms with E-state index in [0.717, 1.165) is 0 Å². The van der Waals surface area contributed by atoms with Gasteiger partial charge in [-0.3, -0.25) is 10.1 Å². The molecule has 0 bridgehead atoms. The fourth-order valence-electron chi connectivity index (χ4n) is 4.02. The summed E-state index contributed by atoms with van der Waals surface area (Å²) in [6.07, 6.45) is -0.611. The molecule has 3 aliphatic heterocycles. The molecule has 0 radical (unpaired) electrons. The summed E-state index contributed by atoms with van der Waals surface area (Å²) >= 11 is 0. The summed E-state index contributed by atoms with van der Waals surface area (Å²) in [4.78, 5) is 38.7. The molecule has 9 nitrogen and oxygen atoms in total. The Kier molecular flexibility index (Phi) is 3.94. The summed E-state index contributed by atoms with van der Waals surface area (Å²) in [5.74, 6) is -1.42. The Labute approximate surface area is 155 Å². The van der Waals surface area contributed by atoms with Gasteiger partial charge in [0.05, 0.1) is 31.4 Å². The number of imide groups is 1. The number of cyclic esters (lactones) is 1. The van der Waals surface area contributed by atoms with E-state index in [9.17, 15) is 14.4 Å². The lowest BCUT2D eigenvalue weighted by molar-refractivity contribution is -0.136. The highest BCUT2D eigenvalue weighted by Crippen LogP contribution is 2.48. The third-order valence-electron chi connectivity index (χ3n) is 5.26. The lowest BCUT2D eigenvalue weighted by atomic mass is 9.74. The molecule has 3 unspecified atom stereocenters. The number of nitrogens with zero attached hydrogens (tertiary/aromatic N) is 1. The van der Waals surface area contributed by atoms with E-state index in [4.69, 9.17) is 14.2 Å². The fourth-order valence-corrected chi connectivity index (χ4v) is 4.02. The van der Waals surface area contributed by atoms with Gasteiger partial charge < -0.3 is 24.4 Å². The molecule has 0 aromatic heterocycles. The van der Waals surface area contributed by atoms with Gasteiger partial charge in [0.15, 0.2) is 11.5 Å². The van der Waals surface area contributed by atoms with Crippen molar-refractivity contribution in [3.8, 4) is 11.5 Å². The molecule has 3 amide bonds. The lowest BCUT2D eigenvalue weighted by Gasteiger charge is -2.45. The smallest absolute Gasteiger partial charge is 0.336 e. The Hall–Kier alpha value is -3.23. The van der Waals surface area contributed by atoms with E-state index >= 15 is 0 Å². The van der Waals surface area contributed by atoms with E-state index in [-0.39, 0.29) is 6.61 Å². The second kappa shape index (κ2) is 6.19. The van der Waals surface area contributed by atoms with Gasteiger partial charge in [-0.2, -0.15) is 0 Å². The third-order valence-corrected chi connectivity index (χ3v) is 5.26. The number of carbonyl (C=O) groups excluding carboxylic acids is 3. The Morgan fingerprint density at radius 2 is 1.96 bits per heavy atom. The molecule has 4 rings (SSSR count). The lowest BCUT2D eigenvalue weighted by Crippen LogP contribution is -2.66. The van der Waals surface area contributed by atoms with Gasteiger partial charge in [-0.05, 0) is 6.07 Å². The maximum Gasteiger partial charge on any atom is 0.336 e. The van der Waals surface area contributed by atoms with E-state index in [0.29, 0.717) is 28.3 Å². The molecule has 3 aliphatic rings. The molecule has 0 saturated carbocycles. The maximum absolute atomic E-state index is 12.8. The zero-order chi connectivity index (χ0) is 19.3. The molecule has 0 aliphatic carbocycles. The molecule has 3 atom stereocenters. The minimum atomic E-state index is -0.738. The van der Waals surface area contributed by atoms with Crippen molar-refractivity contribution < 1.29 is 28.6 Å². The van der Waals surface area contributed by atoms with E-state index in [2.05, 4.69) is 10.6 Å². The van der Waals surface area contributed by atoms with Crippen molar-refractivity contribution in [1.82, 2.24) is 15.5 Å². The second-order valence-corrected chi connectivity index (χ2v) is 6.55. The second-order valence-electron chi connectivity index (χ2n) is 6.55. The number of amides is 3. The van der Waals surface area contributed by atoms with Crippen LogP contribution in [0, 0.1) is 5.92 Å². The number of urea groups is 1. The average Bonchev–Trinajstić information content (AvgIpc) is 3.04. The third kappa shape index (κ3) is 2.42. The number of hydrogen-bond acceptors (Lipinski definition) is 7. The van der Waals surface area contributed by atoms with Crippen LogP contribution < -0.4 is 20.1 Å². The standard InChI is InChI=1S/C18H19N3O6/c1-21-15-13(16(22)20-18(21)24)11(12-9(19-15)7-27-17(12)23)8-5-4-6-10(25-2)14(8)26-3/h4-6,11,13,15,19H,7H2,1-3H3,(H,20,22,24). The van der Waals surface area contributed by atoms with Gasteiger partial charge in [0.2, 0.25) is 5.91 Å². The van der Waals surface area contributed by atoms with Crippen LogP contribution in [0.1, 0.15) is 11.5 Å². The number of hydrogen-bond donors (Lipinski definition) is 2. The van der Waals surface area contributed by atoms with Gasteiger partial charge in [0, 0.05) is 18.5 Å². The van der Waals surface area contributed by atoms with Crippen LogP contribution in [0.3, 0.4) is 0 Å². The molecule has 2 N–H and O–H groups in total. The predicted octanol–water partition coefficient (Wildman–Crippen LogP) is 0.325. The molecule has 1 fully saturated rings. The summed E-state index contributed by atoms with van der Waals surface area (Å²) in [6, 6.07) is 4.79. The first-order chi connectivity index (χ1) is 13.0. The Morgan fingerprint density at radius 3 is 2.67 bits per heavy atom. The van der Waals surface area contributed by atoms with Gasteiger partial charge in [-0.25, -0.2) is 9.59 Å². The minimum Gasteiger partial charge on any atom is -0.493 e. The van der Waals surface area contributed by atoms with Crippen molar-refractivity contribution in [1.29, 1.82) is 0 Å². The van der Waals surface area contributed by atoms with Crippen LogP contribution in [0.25, 0.3) is 0 Å². The highest BCUT2D eigenvalue weighted by atomic mass is 16.5. The average molecular weight is 373 g/mol. The molecule has 142 valence electrons. The Morgan fingerprint density at radius 1 is 1.19 bits per heavy atom. The van der Waals surface area contributed by atoms with Crippen molar-refractivity contribution in [2.24, 2.45) is 5.92 Å². The van der Waals surface area contributed by atoms with Crippen molar-refractivity contribution >= 4 is 17.9 Å². The number of esters is 1. The monoisotopic (exact) mass is 373 g/mol. The number of fused-ring (bicyclic) bond motifs is 1. The van der Waals surface area contributed by atoms with Crippen molar-refractivity contribution in [2.75, 3.05) is 27.9 Å². The highest BCUT2D eigenvalue weighted by molar-refractivity contribution is 6.02. The van der Waals surface area contributed by atoms with Crippen LogP contribution in [0.4, 0.5) is 4.79 Å². The SMILES string of the molecule is COc1cccc(C2C3=C(COC3=O)NC3C2C(=O)NC(=O)N3C)c1OC. The molecule has 0 spiro atoms. The van der Waals surface area contributed by atoms with E-state index in [1.165, 1.54) is 19.1 Å². The molecule has 3 heterocycles. The van der Waals surface area contributed by atoms with Crippen molar-refractivity contribution in [3.05, 3.63) is 35.0 Å². The van der Waals surface area contributed by atoms with Gasteiger partial charge in [-0.15, -0.1) is 0 Å². The van der Waals surface area contributed by atoms with E-state index in [1.54, 1.807) is 25.2 Å². The van der Waals surface area contributed by atoms with Gasteiger partial charge in [0.1, 0.15) is 12.8 Å². The zero-order valence-electron chi connectivity index (χ0n) is 15.1. The molecular formula is C18H19N3O6. The normalized spacial score (nSPS) is 26.7. The largest absolute Gasteiger partial charge is 0.493 e. The molecule has 1 aromatic rings. The number of carbonyl (C=O) groups is 3. The van der Waals surface area contributed by atoms with Crippen LogP contribution in [0.2, 0.25) is 0 Å². The van der Waals surface area contributed by atoms with Crippen LogP contribution in [-0.2, 0) is 14.3 Å². The number of benzene rings is 1. The summed E-state index contributed by atoms with van der Waals surface area (Å²) in [5, 5.41) is 5.48. The van der Waals surface area contributed by atoms with Crippen molar-refractivity contribution in [2.45, 2.75) is 12.1 Å². The van der Waals surface area contributed by atoms with Gasteiger partial charge >= 0.3 is 12.0 Å². The quantitative estimate of drug-likeness (QED) is 0.735. The first-order valence-electron chi connectivity index (χ1n) is 8.43. The number of rotatable bonds is 3. The summed E-state index contributed by atoms with van der Waals surface area (Å²) in [5.41, 5.74) is 1.57. The number of methoxy groups -OCH3 is 2. The number of para-hydroxylation sites is 1. The van der Waals surface area contributed by atoms with Crippen LogP contribution >= 0.6 is 0 Å². The number of ether oxygens (including phenoxy) is 3. The molecule has 9 heteroatoms. The molecule has 1 aromatic carbocycles.